The lowest BCUT2D eigenvalue weighted by atomic mass is 10.0. The Balaban J connectivity index is 2.20. The summed E-state index contributed by atoms with van der Waals surface area (Å²) in [6, 6.07) is 8.18. The van der Waals surface area contributed by atoms with Crippen molar-refractivity contribution in [2.24, 2.45) is 0 Å². The Hall–Kier alpha value is -2.56. The summed E-state index contributed by atoms with van der Waals surface area (Å²) in [5.41, 5.74) is 10.9. The number of nitrogen functional groups attached to an aromatic ring is 1. The number of benzene rings is 1. The molecule has 0 atom stereocenters. The van der Waals surface area contributed by atoms with Crippen LogP contribution in [0.15, 0.2) is 36.7 Å². The van der Waals surface area contributed by atoms with Crippen molar-refractivity contribution in [2.45, 2.75) is 6.92 Å². The third-order valence-corrected chi connectivity index (χ3v) is 2.89. The summed E-state index contributed by atoms with van der Waals surface area (Å²) >= 11 is 0. The van der Waals surface area contributed by atoms with Crippen LogP contribution in [0.1, 0.15) is 5.56 Å². The second kappa shape index (κ2) is 4.03. The lowest BCUT2D eigenvalue weighted by molar-refractivity contribution is 1.09. The van der Waals surface area contributed by atoms with E-state index in [4.69, 9.17) is 5.73 Å². The third kappa shape index (κ3) is 1.66. The van der Waals surface area contributed by atoms with Gasteiger partial charge in [0.1, 0.15) is 0 Å². The van der Waals surface area contributed by atoms with Gasteiger partial charge in [-0.05, 0) is 12.5 Å². The Bertz CT molecular complexity index is 667. The molecular formula is C13H13N5. The minimum Gasteiger partial charge on any atom is -0.382 e. The van der Waals surface area contributed by atoms with E-state index in [1.807, 2.05) is 18.3 Å². The summed E-state index contributed by atoms with van der Waals surface area (Å²) in [5, 5.41) is 13.8. The zero-order valence-corrected chi connectivity index (χ0v) is 9.94. The van der Waals surface area contributed by atoms with E-state index in [0.29, 0.717) is 5.82 Å². The summed E-state index contributed by atoms with van der Waals surface area (Å²) in [4.78, 5) is 0. The highest BCUT2D eigenvalue weighted by atomic mass is 15.2. The Kier molecular flexibility index (Phi) is 2.37. The van der Waals surface area contributed by atoms with Crippen LogP contribution in [-0.4, -0.2) is 20.4 Å². The topological polar surface area (TPSA) is 83.4 Å². The predicted octanol–water partition coefficient (Wildman–Crippen LogP) is 2.36. The molecule has 0 aliphatic rings. The fourth-order valence-electron chi connectivity index (χ4n) is 2.05. The van der Waals surface area contributed by atoms with E-state index in [9.17, 15) is 0 Å². The molecule has 3 rings (SSSR count). The highest BCUT2D eigenvalue weighted by Gasteiger charge is 2.15. The predicted molar refractivity (Wildman–Crippen MR) is 70.8 cm³/mol. The molecule has 0 radical (unpaired) electrons. The molecule has 0 saturated heterocycles. The van der Waals surface area contributed by atoms with Crippen LogP contribution in [0.25, 0.3) is 22.4 Å². The standard InChI is InChI=1S/C13H13N5/c1-8-3-2-4-9(5-8)11-12(17-18-13(11)14)10-6-15-16-7-10/h2-7H,1H3,(H,15,16)(H3,14,17,18). The smallest absolute Gasteiger partial charge is 0.153 e. The van der Waals surface area contributed by atoms with Crippen LogP contribution in [0.5, 0.6) is 0 Å². The Labute approximate surface area is 104 Å². The second-order valence-corrected chi connectivity index (χ2v) is 4.22. The van der Waals surface area contributed by atoms with Gasteiger partial charge in [-0.3, -0.25) is 10.2 Å². The minimum atomic E-state index is 0.497. The molecule has 4 N–H and O–H groups in total. The summed E-state index contributed by atoms with van der Waals surface area (Å²) < 4.78 is 0. The van der Waals surface area contributed by atoms with Gasteiger partial charge in [-0.1, -0.05) is 29.8 Å². The Morgan fingerprint density at radius 1 is 1.22 bits per heavy atom. The molecule has 0 bridgehead atoms. The number of aromatic nitrogens is 4. The average Bonchev–Trinajstić information content (AvgIpc) is 2.97. The van der Waals surface area contributed by atoms with Gasteiger partial charge in [-0.15, -0.1) is 0 Å². The molecule has 5 heteroatoms. The number of aryl methyl sites for hydroxylation is 1. The van der Waals surface area contributed by atoms with Crippen molar-refractivity contribution in [1.29, 1.82) is 0 Å². The molecule has 3 aromatic rings. The van der Waals surface area contributed by atoms with Crippen LogP contribution in [-0.2, 0) is 0 Å². The van der Waals surface area contributed by atoms with Gasteiger partial charge in [0.25, 0.3) is 0 Å². The molecule has 90 valence electrons. The molecule has 2 heterocycles. The molecule has 2 aromatic heterocycles. The van der Waals surface area contributed by atoms with Crippen molar-refractivity contribution in [3.05, 3.63) is 42.2 Å². The van der Waals surface area contributed by atoms with Crippen LogP contribution in [0.2, 0.25) is 0 Å². The maximum absolute atomic E-state index is 5.96. The van der Waals surface area contributed by atoms with Crippen molar-refractivity contribution in [3.8, 4) is 22.4 Å². The number of rotatable bonds is 2. The quantitative estimate of drug-likeness (QED) is 0.642. The average molecular weight is 239 g/mol. The summed E-state index contributed by atoms with van der Waals surface area (Å²) in [5.74, 6) is 0.497. The minimum absolute atomic E-state index is 0.497. The van der Waals surface area contributed by atoms with Gasteiger partial charge in [0, 0.05) is 11.8 Å². The van der Waals surface area contributed by atoms with Gasteiger partial charge >= 0.3 is 0 Å². The van der Waals surface area contributed by atoms with Crippen molar-refractivity contribution in [2.75, 3.05) is 5.73 Å². The monoisotopic (exact) mass is 239 g/mol. The first-order valence-electron chi connectivity index (χ1n) is 5.66. The van der Waals surface area contributed by atoms with Gasteiger partial charge < -0.3 is 5.73 Å². The zero-order chi connectivity index (χ0) is 12.5. The van der Waals surface area contributed by atoms with Crippen LogP contribution < -0.4 is 5.73 Å². The maximum Gasteiger partial charge on any atom is 0.153 e. The number of nitrogens with zero attached hydrogens (tertiary/aromatic N) is 2. The highest BCUT2D eigenvalue weighted by Crippen LogP contribution is 2.34. The van der Waals surface area contributed by atoms with Gasteiger partial charge in [0.05, 0.1) is 17.5 Å². The molecule has 0 amide bonds. The van der Waals surface area contributed by atoms with Crippen molar-refractivity contribution in [1.82, 2.24) is 20.4 Å². The second-order valence-electron chi connectivity index (χ2n) is 4.22. The number of hydrogen-bond donors (Lipinski definition) is 3. The van der Waals surface area contributed by atoms with Gasteiger partial charge in [-0.2, -0.15) is 10.2 Å². The van der Waals surface area contributed by atoms with Crippen LogP contribution in [0, 0.1) is 6.92 Å². The molecule has 0 saturated carbocycles. The van der Waals surface area contributed by atoms with Crippen molar-refractivity contribution in [3.63, 3.8) is 0 Å². The molecule has 0 aliphatic heterocycles. The SMILES string of the molecule is Cc1cccc(-c2c(N)n[nH]c2-c2cn[nH]c2)c1. The number of nitrogens with one attached hydrogen (secondary N) is 2. The molecule has 18 heavy (non-hydrogen) atoms. The molecule has 0 fully saturated rings. The van der Waals surface area contributed by atoms with Crippen molar-refractivity contribution >= 4 is 5.82 Å². The fourth-order valence-corrected chi connectivity index (χ4v) is 2.05. The number of anilines is 1. The largest absolute Gasteiger partial charge is 0.382 e. The lowest BCUT2D eigenvalue weighted by Crippen LogP contribution is -1.89. The van der Waals surface area contributed by atoms with Crippen LogP contribution in [0.4, 0.5) is 5.82 Å². The maximum atomic E-state index is 5.96. The first kappa shape index (κ1) is 10.6. The van der Waals surface area contributed by atoms with E-state index < -0.39 is 0 Å². The van der Waals surface area contributed by atoms with E-state index in [2.05, 4.69) is 39.5 Å². The fraction of sp³-hybridized carbons (Fsp3) is 0.0769. The lowest BCUT2D eigenvalue weighted by Gasteiger charge is -2.03. The summed E-state index contributed by atoms with van der Waals surface area (Å²) in [6.07, 6.45) is 3.55. The number of hydrogen-bond acceptors (Lipinski definition) is 3. The van der Waals surface area contributed by atoms with Crippen LogP contribution >= 0.6 is 0 Å². The van der Waals surface area contributed by atoms with E-state index in [1.165, 1.54) is 5.56 Å². The normalized spacial score (nSPS) is 10.7. The van der Waals surface area contributed by atoms with Crippen molar-refractivity contribution < 1.29 is 0 Å². The molecule has 0 unspecified atom stereocenters. The zero-order valence-electron chi connectivity index (χ0n) is 9.94. The Morgan fingerprint density at radius 3 is 2.83 bits per heavy atom. The number of aromatic amines is 2. The summed E-state index contributed by atoms with van der Waals surface area (Å²) in [6.45, 7) is 2.05. The third-order valence-electron chi connectivity index (χ3n) is 2.89. The van der Waals surface area contributed by atoms with E-state index in [-0.39, 0.29) is 0 Å². The first-order valence-corrected chi connectivity index (χ1v) is 5.66. The Morgan fingerprint density at radius 2 is 2.11 bits per heavy atom. The van der Waals surface area contributed by atoms with E-state index in [0.717, 1.165) is 22.4 Å². The number of nitrogens with two attached hydrogens (primary N) is 1. The first-order chi connectivity index (χ1) is 8.75. The molecule has 5 nitrogen and oxygen atoms in total. The molecule has 1 aromatic carbocycles. The van der Waals surface area contributed by atoms with E-state index >= 15 is 0 Å². The van der Waals surface area contributed by atoms with Crippen LogP contribution in [0.3, 0.4) is 0 Å². The van der Waals surface area contributed by atoms with Gasteiger partial charge in [0.2, 0.25) is 0 Å². The van der Waals surface area contributed by atoms with Gasteiger partial charge in [-0.25, -0.2) is 0 Å². The van der Waals surface area contributed by atoms with E-state index in [1.54, 1.807) is 6.20 Å². The van der Waals surface area contributed by atoms with Gasteiger partial charge in [0.15, 0.2) is 5.82 Å². The highest BCUT2D eigenvalue weighted by molar-refractivity contribution is 5.87. The molecular weight excluding hydrogens is 226 g/mol. The molecule has 0 aliphatic carbocycles. The molecule has 0 spiro atoms. The number of H-pyrrole nitrogens is 2. The summed E-state index contributed by atoms with van der Waals surface area (Å²) in [7, 11) is 0.